The Hall–Kier alpha value is -1.62. The molecule has 0 spiro atoms. The van der Waals surface area contributed by atoms with Crippen molar-refractivity contribution in [2.24, 2.45) is 11.7 Å². The maximum absolute atomic E-state index is 5.97. The van der Waals surface area contributed by atoms with Gasteiger partial charge in [-0.2, -0.15) is 0 Å². The SMILES string of the molecule is C=CC(N)C1CCN(c2cc(OC)ncn2)C1. The van der Waals surface area contributed by atoms with Crippen LogP contribution in [0.5, 0.6) is 5.88 Å². The zero-order valence-corrected chi connectivity index (χ0v) is 10.0. The topological polar surface area (TPSA) is 64.3 Å². The number of nitrogens with zero attached hydrogens (tertiary/aromatic N) is 3. The van der Waals surface area contributed by atoms with E-state index in [1.54, 1.807) is 7.11 Å². The van der Waals surface area contributed by atoms with Gasteiger partial charge < -0.3 is 15.4 Å². The van der Waals surface area contributed by atoms with E-state index in [0.717, 1.165) is 25.3 Å². The Kier molecular flexibility index (Phi) is 3.58. The number of aromatic nitrogens is 2. The van der Waals surface area contributed by atoms with Gasteiger partial charge in [-0.3, -0.25) is 0 Å². The lowest BCUT2D eigenvalue weighted by molar-refractivity contribution is 0.397. The van der Waals surface area contributed by atoms with Crippen LogP contribution < -0.4 is 15.4 Å². The van der Waals surface area contributed by atoms with Crippen molar-refractivity contribution >= 4 is 5.82 Å². The minimum absolute atomic E-state index is 0.0590. The molecule has 0 saturated carbocycles. The number of anilines is 1. The summed E-state index contributed by atoms with van der Waals surface area (Å²) < 4.78 is 5.09. The van der Waals surface area contributed by atoms with Crippen molar-refractivity contribution in [3.05, 3.63) is 25.0 Å². The second-order valence-corrected chi connectivity index (χ2v) is 4.23. The maximum Gasteiger partial charge on any atom is 0.218 e. The number of methoxy groups -OCH3 is 1. The van der Waals surface area contributed by atoms with Gasteiger partial charge in [0.25, 0.3) is 0 Å². The highest BCUT2D eigenvalue weighted by Crippen LogP contribution is 2.25. The van der Waals surface area contributed by atoms with Crippen LogP contribution in [-0.2, 0) is 0 Å². The molecule has 1 aromatic rings. The number of rotatable bonds is 4. The van der Waals surface area contributed by atoms with Crippen molar-refractivity contribution in [3.8, 4) is 5.88 Å². The fourth-order valence-corrected chi connectivity index (χ4v) is 2.12. The minimum Gasteiger partial charge on any atom is -0.481 e. The molecule has 17 heavy (non-hydrogen) atoms. The monoisotopic (exact) mass is 234 g/mol. The van der Waals surface area contributed by atoms with Gasteiger partial charge in [-0.15, -0.1) is 6.58 Å². The van der Waals surface area contributed by atoms with Gasteiger partial charge in [-0.25, -0.2) is 9.97 Å². The van der Waals surface area contributed by atoms with Crippen LogP contribution >= 0.6 is 0 Å². The van der Waals surface area contributed by atoms with Gasteiger partial charge in [0.15, 0.2) is 0 Å². The first-order valence-corrected chi connectivity index (χ1v) is 5.73. The van der Waals surface area contributed by atoms with Gasteiger partial charge in [0.2, 0.25) is 5.88 Å². The van der Waals surface area contributed by atoms with Crippen molar-refractivity contribution in [1.29, 1.82) is 0 Å². The fraction of sp³-hybridized carbons (Fsp3) is 0.500. The third kappa shape index (κ3) is 2.55. The maximum atomic E-state index is 5.97. The molecule has 2 rings (SSSR count). The summed E-state index contributed by atoms with van der Waals surface area (Å²) in [5, 5.41) is 0. The molecule has 0 amide bonds. The normalized spacial score (nSPS) is 21.3. The van der Waals surface area contributed by atoms with E-state index in [1.807, 2.05) is 12.1 Å². The Morgan fingerprint density at radius 3 is 3.18 bits per heavy atom. The predicted octanol–water partition coefficient (Wildman–Crippen LogP) is 0.825. The summed E-state index contributed by atoms with van der Waals surface area (Å²) >= 11 is 0. The highest BCUT2D eigenvalue weighted by molar-refractivity contribution is 5.42. The number of hydrogen-bond acceptors (Lipinski definition) is 5. The molecule has 2 atom stereocenters. The number of nitrogens with two attached hydrogens (primary N) is 1. The van der Waals surface area contributed by atoms with Crippen LogP contribution in [0.1, 0.15) is 6.42 Å². The van der Waals surface area contributed by atoms with Gasteiger partial charge in [-0.1, -0.05) is 6.08 Å². The molecule has 0 aliphatic carbocycles. The molecule has 2 N–H and O–H groups in total. The van der Waals surface area contributed by atoms with Gasteiger partial charge in [0.05, 0.1) is 7.11 Å². The summed E-state index contributed by atoms with van der Waals surface area (Å²) in [5.41, 5.74) is 5.97. The number of ether oxygens (including phenoxy) is 1. The Bertz CT molecular complexity index is 396. The van der Waals surface area contributed by atoms with Gasteiger partial charge in [0.1, 0.15) is 12.1 Å². The summed E-state index contributed by atoms with van der Waals surface area (Å²) in [6.07, 6.45) is 4.41. The summed E-state index contributed by atoms with van der Waals surface area (Å²) in [6.45, 7) is 5.62. The highest BCUT2D eigenvalue weighted by atomic mass is 16.5. The smallest absolute Gasteiger partial charge is 0.218 e. The highest BCUT2D eigenvalue weighted by Gasteiger charge is 2.26. The summed E-state index contributed by atoms with van der Waals surface area (Å²) in [7, 11) is 1.60. The van der Waals surface area contributed by atoms with Crippen molar-refractivity contribution in [1.82, 2.24) is 9.97 Å². The van der Waals surface area contributed by atoms with E-state index < -0.39 is 0 Å². The third-order valence-electron chi connectivity index (χ3n) is 3.20. The van der Waals surface area contributed by atoms with Crippen molar-refractivity contribution in [2.75, 3.05) is 25.1 Å². The molecule has 1 aliphatic heterocycles. The van der Waals surface area contributed by atoms with Crippen LogP contribution in [-0.4, -0.2) is 36.2 Å². The second-order valence-electron chi connectivity index (χ2n) is 4.23. The molecule has 92 valence electrons. The van der Waals surface area contributed by atoms with E-state index in [1.165, 1.54) is 6.33 Å². The number of hydrogen-bond donors (Lipinski definition) is 1. The Balaban J connectivity index is 2.06. The Labute approximate surface area is 101 Å². The third-order valence-corrected chi connectivity index (χ3v) is 3.20. The van der Waals surface area contributed by atoms with Crippen LogP contribution in [0.25, 0.3) is 0 Å². The van der Waals surface area contributed by atoms with E-state index in [9.17, 15) is 0 Å². The molecule has 2 unspecified atom stereocenters. The standard InChI is InChI=1S/C12H18N4O/c1-3-10(13)9-4-5-16(7-9)11-6-12(17-2)15-8-14-11/h3,6,8-10H,1,4-5,7,13H2,2H3. The average Bonchev–Trinajstić information content (AvgIpc) is 2.87. The average molecular weight is 234 g/mol. The van der Waals surface area contributed by atoms with Crippen LogP contribution in [0.4, 0.5) is 5.82 Å². The molecule has 1 aliphatic rings. The van der Waals surface area contributed by atoms with E-state index >= 15 is 0 Å². The van der Waals surface area contributed by atoms with Crippen LogP contribution in [0.15, 0.2) is 25.0 Å². The molecular weight excluding hydrogens is 216 g/mol. The molecule has 1 aromatic heterocycles. The molecule has 0 radical (unpaired) electrons. The molecule has 0 aromatic carbocycles. The van der Waals surface area contributed by atoms with Crippen molar-refractivity contribution in [3.63, 3.8) is 0 Å². The molecule has 5 heteroatoms. The van der Waals surface area contributed by atoms with E-state index in [-0.39, 0.29) is 6.04 Å². The summed E-state index contributed by atoms with van der Waals surface area (Å²) in [5.74, 6) is 1.94. The second kappa shape index (κ2) is 5.14. The lowest BCUT2D eigenvalue weighted by atomic mass is 10.0. The van der Waals surface area contributed by atoms with Crippen molar-refractivity contribution < 1.29 is 4.74 Å². The Morgan fingerprint density at radius 2 is 2.47 bits per heavy atom. The Morgan fingerprint density at radius 1 is 1.65 bits per heavy atom. The van der Waals surface area contributed by atoms with Crippen LogP contribution in [0.2, 0.25) is 0 Å². The van der Waals surface area contributed by atoms with Crippen molar-refractivity contribution in [2.45, 2.75) is 12.5 Å². The first kappa shape index (κ1) is 11.9. The fourth-order valence-electron chi connectivity index (χ4n) is 2.12. The molecule has 1 saturated heterocycles. The summed E-state index contributed by atoms with van der Waals surface area (Å²) in [4.78, 5) is 10.5. The van der Waals surface area contributed by atoms with Gasteiger partial charge >= 0.3 is 0 Å². The van der Waals surface area contributed by atoms with Gasteiger partial charge in [0, 0.05) is 25.2 Å². The largest absolute Gasteiger partial charge is 0.481 e. The zero-order valence-electron chi connectivity index (χ0n) is 10.0. The molecule has 5 nitrogen and oxygen atoms in total. The lowest BCUT2D eigenvalue weighted by Crippen LogP contribution is -2.30. The molecule has 1 fully saturated rings. The van der Waals surface area contributed by atoms with E-state index in [4.69, 9.17) is 10.5 Å². The van der Waals surface area contributed by atoms with Crippen LogP contribution in [0, 0.1) is 5.92 Å². The minimum atomic E-state index is 0.0590. The van der Waals surface area contributed by atoms with Crippen LogP contribution in [0.3, 0.4) is 0 Å². The quantitative estimate of drug-likeness (QED) is 0.782. The molecule has 2 heterocycles. The first-order valence-electron chi connectivity index (χ1n) is 5.73. The first-order chi connectivity index (χ1) is 8.24. The zero-order chi connectivity index (χ0) is 12.3. The van der Waals surface area contributed by atoms with E-state index in [2.05, 4.69) is 21.4 Å². The predicted molar refractivity (Wildman–Crippen MR) is 67.1 cm³/mol. The summed E-state index contributed by atoms with van der Waals surface area (Å²) in [6, 6.07) is 1.91. The molecular formula is C12H18N4O. The van der Waals surface area contributed by atoms with E-state index in [0.29, 0.717) is 11.8 Å². The van der Waals surface area contributed by atoms with Gasteiger partial charge in [-0.05, 0) is 12.3 Å². The lowest BCUT2D eigenvalue weighted by Gasteiger charge is -2.19. The molecule has 0 bridgehead atoms.